The lowest BCUT2D eigenvalue weighted by Gasteiger charge is -2.29. The molecule has 5 nitrogen and oxygen atoms in total. The van der Waals surface area contributed by atoms with Gasteiger partial charge >= 0.3 is 5.97 Å². The molecule has 1 aromatic carbocycles. The zero-order valence-corrected chi connectivity index (χ0v) is 13.1. The van der Waals surface area contributed by atoms with Crippen molar-refractivity contribution in [2.75, 3.05) is 13.1 Å². The highest BCUT2D eigenvalue weighted by Crippen LogP contribution is 2.25. The van der Waals surface area contributed by atoms with Crippen LogP contribution in [0.25, 0.3) is 0 Å². The highest BCUT2D eigenvalue weighted by atomic mass is 32.2. The molecule has 0 aliphatic carbocycles. The molecule has 1 heterocycles. The van der Waals surface area contributed by atoms with Crippen molar-refractivity contribution in [2.24, 2.45) is 5.92 Å². The number of sulfonamides is 1. The average Bonchev–Trinajstić information content (AvgIpc) is 2.47. The normalized spacial score (nSPS) is 20.6. The van der Waals surface area contributed by atoms with Crippen LogP contribution < -0.4 is 0 Å². The van der Waals surface area contributed by atoms with Gasteiger partial charge in [0.2, 0.25) is 10.0 Å². The summed E-state index contributed by atoms with van der Waals surface area (Å²) >= 11 is 0. The van der Waals surface area contributed by atoms with Crippen molar-refractivity contribution < 1.29 is 18.3 Å². The number of hydrogen-bond donors (Lipinski definition) is 1. The predicted octanol–water partition coefficient (Wildman–Crippen LogP) is 2.30. The molecule has 1 fully saturated rings. The van der Waals surface area contributed by atoms with Crippen LogP contribution in [0.5, 0.6) is 0 Å². The number of carbonyl (C=O) groups is 1. The summed E-state index contributed by atoms with van der Waals surface area (Å²) in [6.45, 7) is 4.54. The third-order valence-corrected chi connectivity index (χ3v) is 5.80. The lowest BCUT2D eigenvalue weighted by molar-refractivity contribution is -0.142. The van der Waals surface area contributed by atoms with E-state index in [2.05, 4.69) is 0 Å². The zero-order chi connectivity index (χ0) is 15.6. The summed E-state index contributed by atoms with van der Waals surface area (Å²) in [5.74, 6) is -1.19. The second-order valence-electron chi connectivity index (χ2n) is 5.76. The van der Waals surface area contributed by atoms with E-state index in [1.54, 1.807) is 12.1 Å². The molecule has 21 heavy (non-hydrogen) atoms. The highest BCUT2D eigenvalue weighted by molar-refractivity contribution is 7.89. The molecule has 2 rings (SSSR count). The van der Waals surface area contributed by atoms with Gasteiger partial charge in [0.05, 0.1) is 10.8 Å². The van der Waals surface area contributed by atoms with Gasteiger partial charge in [0.25, 0.3) is 0 Å². The smallest absolute Gasteiger partial charge is 0.307 e. The Balaban J connectivity index is 2.22. The van der Waals surface area contributed by atoms with Crippen LogP contribution in [0.1, 0.15) is 38.2 Å². The van der Waals surface area contributed by atoms with Gasteiger partial charge in [-0.25, -0.2) is 8.42 Å². The maximum absolute atomic E-state index is 12.6. The Morgan fingerprint density at radius 3 is 2.43 bits per heavy atom. The molecule has 0 spiro atoms. The minimum atomic E-state index is -3.60. The van der Waals surface area contributed by atoms with E-state index in [0.29, 0.717) is 25.3 Å². The van der Waals surface area contributed by atoms with E-state index in [9.17, 15) is 13.2 Å². The van der Waals surface area contributed by atoms with E-state index in [4.69, 9.17) is 5.11 Å². The summed E-state index contributed by atoms with van der Waals surface area (Å²) in [5.41, 5.74) is 1.08. The lowest BCUT2D eigenvalue weighted by atomic mass is 10.0. The fraction of sp³-hybridized carbons (Fsp3) is 0.533. The molecule has 0 amide bonds. The van der Waals surface area contributed by atoms with Gasteiger partial charge in [0.15, 0.2) is 0 Å². The minimum absolute atomic E-state index is 0.0591. The largest absolute Gasteiger partial charge is 0.481 e. The molecule has 0 bridgehead atoms. The van der Waals surface area contributed by atoms with E-state index in [1.165, 1.54) is 4.31 Å². The molecule has 1 aromatic rings. The van der Waals surface area contributed by atoms with Crippen LogP contribution in [0.15, 0.2) is 29.2 Å². The second kappa shape index (κ2) is 6.15. The van der Waals surface area contributed by atoms with Gasteiger partial charge in [-0.1, -0.05) is 26.0 Å². The van der Waals surface area contributed by atoms with Crippen molar-refractivity contribution in [2.45, 2.75) is 37.5 Å². The molecule has 6 heteroatoms. The van der Waals surface area contributed by atoms with Gasteiger partial charge in [-0.15, -0.1) is 0 Å². The van der Waals surface area contributed by atoms with Crippen molar-refractivity contribution in [1.29, 1.82) is 0 Å². The Bertz CT molecular complexity index is 607. The molecule has 1 unspecified atom stereocenters. The summed E-state index contributed by atoms with van der Waals surface area (Å²) in [5, 5.41) is 9.07. The van der Waals surface area contributed by atoms with Crippen LogP contribution in [0.4, 0.5) is 0 Å². The van der Waals surface area contributed by atoms with E-state index < -0.39 is 21.9 Å². The fourth-order valence-corrected chi connectivity index (χ4v) is 4.06. The first-order valence-electron chi connectivity index (χ1n) is 7.15. The summed E-state index contributed by atoms with van der Waals surface area (Å²) < 4.78 is 26.4. The molecule has 0 radical (unpaired) electrons. The van der Waals surface area contributed by atoms with E-state index in [0.717, 1.165) is 5.56 Å². The van der Waals surface area contributed by atoms with Crippen molar-refractivity contribution in [1.82, 2.24) is 4.31 Å². The van der Waals surface area contributed by atoms with Gasteiger partial charge in [-0.3, -0.25) is 4.79 Å². The number of rotatable bonds is 4. The third-order valence-electron chi connectivity index (χ3n) is 3.92. The standard InChI is InChI=1S/C15H21NO4S/c1-11(2)12-5-7-14(8-6-12)21(19,20)16-9-3-4-13(10-16)15(17)18/h5-8,11,13H,3-4,9-10H2,1-2H3,(H,17,18). The Kier molecular flexibility index (Phi) is 4.68. The number of benzene rings is 1. The van der Waals surface area contributed by atoms with Crippen molar-refractivity contribution in [3.05, 3.63) is 29.8 Å². The molecule has 116 valence electrons. The first-order chi connectivity index (χ1) is 9.82. The maximum Gasteiger partial charge on any atom is 0.307 e. The SMILES string of the molecule is CC(C)c1ccc(S(=O)(=O)N2CCCC(C(=O)O)C2)cc1. The first-order valence-corrected chi connectivity index (χ1v) is 8.59. The number of piperidine rings is 1. The van der Waals surface area contributed by atoms with Crippen molar-refractivity contribution in [3.8, 4) is 0 Å². The van der Waals surface area contributed by atoms with Crippen molar-refractivity contribution in [3.63, 3.8) is 0 Å². The number of nitrogens with zero attached hydrogens (tertiary/aromatic N) is 1. The van der Waals surface area contributed by atoms with Gasteiger partial charge in [-0.05, 0) is 36.5 Å². The monoisotopic (exact) mass is 311 g/mol. The van der Waals surface area contributed by atoms with Crippen LogP contribution in [-0.2, 0) is 14.8 Å². The van der Waals surface area contributed by atoms with Crippen LogP contribution in [0.3, 0.4) is 0 Å². The Hall–Kier alpha value is -1.40. The Morgan fingerprint density at radius 1 is 1.29 bits per heavy atom. The lowest BCUT2D eigenvalue weighted by Crippen LogP contribution is -2.42. The number of carboxylic acids is 1. The molecule has 1 atom stereocenters. The summed E-state index contributed by atoms with van der Waals surface area (Å²) in [6, 6.07) is 6.84. The quantitative estimate of drug-likeness (QED) is 0.926. The highest BCUT2D eigenvalue weighted by Gasteiger charge is 2.33. The van der Waals surface area contributed by atoms with Gasteiger partial charge in [-0.2, -0.15) is 4.31 Å². The molecule has 1 aliphatic heterocycles. The van der Waals surface area contributed by atoms with E-state index in [1.807, 2.05) is 26.0 Å². The molecular weight excluding hydrogens is 290 g/mol. The second-order valence-corrected chi connectivity index (χ2v) is 7.70. The Labute approximate surface area is 125 Å². The summed E-state index contributed by atoms with van der Waals surface area (Å²) in [6.07, 6.45) is 1.12. The third kappa shape index (κ3) is 3.44. The molecule has 1 aliphatic rings. The van der Waals surface area contributed by atoms with Crippen LogP contribution in [-0.4, -0.2) is 36.9 Å². The summed E-state index contributed by atoms with van der Waals surface area (Å²) in [4.78, 5) is 11.3. The fourth-order valence-electron chi connectivity index (χ4n) is 2.54. The van der Waals surface area contributed by atoms with Gasteiger partial charge in [0, 0.05) is 13.1 Å². The average molecular weight is 311 g/mol. The molecular formula is C15H21NO4S. The van der Waals surface area contributed by atoms with E-state index in [-0.39, 0.29) is 11.4 Å². The molecule has 0 saturated carbocycles. The number of aliphatic carboxylic acids is 1. The Morgan fingerprint density at radius 2 is 1.90 bits per heavy atom. The maximum atomic E-state index is 12.6. The zero-order valence-electron chi connectivity index (χ0n) is 12.3. The number of hydrogen-bond acceptors (Lipinski definition) is 3. The minimum Gasteiger partial charge on any atom is -0.481 e. The number of carboxylic acid groups (broad SMARTS) is 1. The first kappa shape index (κ1) is 16.0. The van der Waals surface area contributed by atoms with Crippen LogP contribution in [0.2, 0.25) is 0 Å². The van der Waals surface area contributed by atoms with Crippen LogP contribution >= 0.6 is 0 Å². The van der Waals surface area contributed by atoms with Crippen molar-refractivity contribution >= 4 is 16.0 Å². The van der Waals surface area contributed by atoms with Crippen LogP contribution in [0, 0.1) is 5.92 Å². The summed E-state index contributed by atoms with van der Waals surface area (Å²) in [7, 11) is -3.60. The molecule has 1 saturated heterocycles. The molecule has 0 aromatic heterocycles. The predicted molar refractivity (Wildman–Crippen MR) is 79.6 cm³/mol. The molecule has 1 N–H and O–H groups in total. The van der Waals surface area contributed by atoms with Gasteiger partial charge < -0.3 is 5.11 Å². The van der Waals surface area contributed by atoms with E-state index >= 15 is 0 Å². The topological polar surface area (TPSA) is 74.7 Å². The van der Waals surface area contributed by atoms with Gasteiger partial charge in [0.1, 0.15) is 0 Å².